The number of ether oxygens (including phenoxy) is 2. The minimum Gasteiger partial charge on any atom is -0.493 e. The molecule has 0 aliphatic rings. The van der Waals surface area contributed by atoms with Crippen LogP contribution in [0.2, 0.25) is 0 Å². The molecular weight excluding hydrogens is 424 g/mol. The molecular formula is C30H8O4. The zero-order valence-corrected chi connectivity index (χ0v) is 17.5. The van der Waals surface area contributed by atoms with Crippen LogP contribution in [-0.2, 0) is 0 Å². The predicted molar refractivity (Wildman–Crippen MR) is 127 cm³/mol. The molecule has 0 aliphatic carbocycles. The van der Waals surface area contributed by atoms with E-state index < -0.39 is 5.97 Å². The van der Waals surface area contributed by atoms with Crippen LogP contribution in [0.25, 0.3) is 0 Å². The van der Waals surface area contributed by atoms with Crippen LogP contribution in [0.5, 0.6) is 11.5 Å². The number of hydrogen-bond donors (Lipinski definition) is 1. The highest BCUT2D eigenvalue weighted by atomic mass is 16.5. The topological polar surface area (TPSA) is 55.8 Å². The summed E-state index contributed by atoms with van der Waals surface area (Å²) in [7, 11) is 1.39. The lowest BCUT2D eigenvalue weighted by atomic mass is 10.2. The van der Waals surface area contributed by atoms with Crippen molar-refractivity contribution in [3.05, 3.63) is 23.8 Å². The van der Waals surface area contributed by atoms with Crippen LogP contribution in [0.4, 0.5) is 0 Å². The molecule has 0 saturated heterocycles. The van der Waals surface area contributed by atoms with Crippen molar-refractivity contribution in [2.24, 2.45) is 0 Å². The van der Waals surface area contributed by atoms with Crippen LogP contribution in [0, 0.1) is 131 Å². The van der Waals surface area contributed by atoms with Crippen molar-refractivity contribution in [3.63, 3.8) is 0 Å². The van der Waals surface area contributed by atoms with Gasteiger partial charge in [0, 0.05) is 71.0 Å². The summed E-state index contributed by atoms with van der Waals surface area (Å²) in [5.41, 5.74) is 0.0648. The molecule has 0 spiro atoms. The molecule has 152 valence electrons. The van der Waals surface area contributed by atoms with Crippen molar-refractivity contribution in [2.45, 2.75) is 0 Å². The van der Waals surface area contributed by atoms with Crippen LogP contribution in [-0.4, -0.2) is 18.2 Å². The van der Waals surface area contributed by atoms with Gasteiger partial charge in [-0.3, -0.25) is 0 Å². The zero-order valence-electron chi connectivity index (χ0n) is 17.5. The number of carboxylic acid groups (broad SMARTS) is 1. The van der Waals surface area contributed by atoms with E-state index in [0.717, 1.165) is 0 Å². The van der Waals surface area contributed by atoms with Crippen molar-refractivity contribution in [1.82, 2.24) is 0 Å². The second-order valence-corrected chi connectivity index (χ2v) is 4.89. The molecule has 1 aromatic carbocycles. The first-order chi connectivity index (χ1) is 16.7. The summed E-state index contributed by atoms with van der Waals surface area (Å²) in [5, 5.41) is 8.96. The fraction of sp³-hybridized carbons (Fsp3) is 0.0333. The highest BCUT2D eigenvalue weighted by molar-refractivity contribution is 5.88. The van der Waals surface area contributed by atoms with Gasteiger partial charge in [-0.2, -0.15) is 0 Å². The number of carboxylic acids is 1. The minimum atomic E-state index is -1.08. The average molecular weight is 432 g/mol. The number of terminal acetylenes is 1. The summed E-state index contributed by atoms with van der Waals surface area (Å²) in [6.45, 7) is 0. The number of carbonyl (C=O) groups is 1. The summed E-state index contributed by atoms with van der Waals surface area (Å²) in [5.74, 6) is 48.2. The second kappa shape index (κ2) is 17.3. The van der Waals surface area contributed by atoms with Crippen LogP contribution >= 0.6 is 0 Å². The van der Waals surface area contributed by atoms with E-state index in [1.807, 2.05) is 0 Å². The highest BCUT2D eigenvalue weighted by Crippen LogP contribution is 2.27. The first-order valence-corrected chi connectivity index (χ1v) is 8.73. The largest absolute Gasteiger partial charge is 0.493 e. The van der Waals surface area contributed by atoms with Gasteiger partial charge in [-0.25, -0.2) is 4.79 Å². The van der Waals surface area contributed by atoms with Gasteiger partial charge in [0.1, 0.15) is 6.11 Å². The number of hydrogen-bond acceptors (Lipinski definition) is 3. The third-order valence-electron chi connectivity index (χ3n) is 2.82. The number of methoxy groups -OCH3 is 1. The molecule has 0 atom stereocenters. The lowest BCUT2D eigenvalue weighted by Crippen LogP contribution is -1.98. The van der Waals surface area contributed by atoms with Crippen LogP contribution < -0.4 is 9.47 Å². The van der Waals surface area contributed by atoms with Crippen molar-refractivity contribution >= 4 is 5.97 Å². The van der Waals surface area contributed by atoms with E-state index in [0.29, 0.717) is 0 Å². The van der Waals surface area contributed by atoms with Gasteiger partial charge in [-0.15, -0.1) is 6.42 Å². The molecule has 0 saturated carbocycles. The quantitative estimate of drug-likeness (QED) is 0.734. The van der Waals surface area contributed by atoms with E-state index in [-0.39, 0.29) is 17.1 Å². The van der Waals surface area contributed by atoms with Gasteiger partial charge in [0.2, 0.25) is 0 Å². The first-order valence-electron chi connectivity index (χ1n) is 8.73. The maximum Gasteiger partial charge on any atom is 0.335 e. The van der Waals surface area contributed by atoms with Crippen molar-refractivity contribution in [1.29, 1.82) is 0 Å². The lowest BCUT2D eigenvalue weighted by Gasteiger charge is -2.06. The SMILES string of the molecule is C#CC#CC#CC#CC#CC#CC#CC#CC#CC#CC#COc1ccc(C(=O)O)cc1OC. The van der Waals surface area contributed by atoms with E-state index in [9.17, 15) is 4.79 Å². The second-order valence-electron chi connectivity index (χ2n) is 4.89. The summed E-state index contributed by atoms with van der Waals surface area (Å²) in [6, 6.07) is 4.12. The molecule has 4 nitrogen and oxygen atoms in total. The molecule has 0 fully saturated rings. The van der Waals surface area contributed by atoms with Crippen LogP contribution in [0.1, 0.15) is 10.4 Å². The summed E-state index contributed by atoms with van der Waals surface area (Å²) in [4.78, 5) is 10.9. The Morgan fingerprint density at radius 3 is 1.47 bits per heavy atom. The van der Waals surface area contributed by atoms with E-state index in [2.05, 4.69) is 125 Å². The summed E-state index contributed by atoms with van der Waals surface area (Å²) in [6.07, 6.45) is 7.27. The Bertz CT molecular complexity index is 1650. The standard InChI is InChI=1S/C30H8O4/c1-3-4-5-6-7-8-9-10-11-12-13-14-15-16-17-18-19-20-21-22-25-34-28-24-23-27(30(31)32)26-29(28)33-2/h1,23-24,26H,2H3,(H,31,32). The minimum absolute atomic E-state index is 0.0648. The maximum absolute atomic E-state index is 10.9. The van der Waals surface area contributed by atoms with Crippen molar-refractivity contribution < 1.29 is 19.4 Å². The van der Waals surface area contributed by atoms with Crippen LogP contribution in [0.15, 0.2) is 18.2 Å². The van der Waals surface area contributed by atoms with E-state index in [4.69, 9.17) is 21.0 Å². The Morgan fingerprint density at radius 1 is 0.676 bits per heavy atom. The molecule has 0 amide bonds. The molecule has 0 heterocycles. The highest BCUT2D eigenvalue weighted by Gasteiger charge is 2.09. The zero-order chi connectivity index (χ0) is 24.7. The number of aromatic carboxylic acids is 1. The summed E-state index contributed by atoms with van der Waals surface area (Å²) < 4.78 is 10.2. The van der Waals surface area contributed by atoms with Gasteiger partial charge >= 0.3 is 5.97 Å². The third kappa shape index (κ3) is 12.1. The van der Waals surface area contributed by atoms with Gasteiger partial charge in [0.05, 0.1) is 12.7 Å². The molecule has 4 heteroatoms. The number of rotatable bonds is 3. The lowest BCUT2D eigenvalue weighted by molar-refractivity contribution is 0.0696. The van der Waals surface area contributed by atoms with E-state index >= 15 is 0 Å². The van der Waals surface area contributed by atoms with Gasteiger partial charge < -0.3 is 14.6 Å². The Hall–Kier alpha value is -6.55. The Labute approximate surface area is 198 Å². The van der Waals surface area contributed by atoms with Crippen molar-refractivity contribution in [2.75, 3.05) is 7.11 Å². The molecule has 0 aromatic heterocycles. The molecule has 1 rings (SSSR count). The number of benzene rings is 1. The molecule has 0 aliphatic heterocycles. The smallest absolute Gasteiger partial charge is 0.335 e. The van der Waals surface area contributed by atoms with Crippen molar-refractivity contribution in [3.8, 4) is 142 Å². The van der Waals surface area contributed by atoms with E-state index in [1.54, 1.807) is 0 Å². The predicted octanol–water partition coefficient (Wildman–Crippen LogP) is 1.40. The molecule has 0 unspecified atom stereocenters. The molecule has 1 N–H and O–H groups in total. The first kappa shape index (κ1) is 25.5. The van der Waals surface area contributed by atoms with E-state index in [1.165, 1.54) is 25.3 Å². The fourth-order valence-corrected chi connectivity index (χ4v) is 1.56. The molecule has 0 radical (unpaired) electrons. The average Bonchev–Trinajstić information content (AvgIpc) is 2.84. The molecule has 34 heavy (non-hydrogen) atoms. The van der Waals surface area contributed by atoms with Gasteiger partial charge in [0.25, 0.3) is 0 Å². The Morgan fingerprint density at radius 2 is 1.09 bits per heavy atom. The van der Waals surface area contributed by atoms with Gasteiger partial charge in [0.15, 0.2) is 11.5 Å². The third-order valence-corrected chi connectivity index (χ3v) is 2.82. The fourth-order valence-electron chi connectivity index (χ4n) is 1.56. The van der Waals surface area contributed by atoms with Gasteiger partial charge in [-0.05, 0) is 65.6 Å². The van der Waals surface area contributed by atoms with Crippen LogP contribution in [0.3, 0.4) is 0 Å². The van der Waals surface area contributed by atoms with Gasteiger partial charge in [-0.1, -0.05) is 0 Å². The monoisotopic (exact) mass is 432 g/mol. The maximum atomic E-state index is 10.9. The normalized spacial score (nSPS) is 6.00. The molecule has 1 aromatic rings. The Kier molecular flexibility index (Phi) is 13.0. The molecule has 0 bridgehead atoms. The summed E-state index contributed by atoms with van der Waals surface area (Å²) >= 11 is 0. The Balaban J connectivity index is 2.53.